The third-order valence-corrected chi connectivity index (χ3v) is 4.87. The molecule has 0 saturated carbocycles. The fourth-order valence-electron chi connectivity index (χ4n) is 3.29. The molecule has 5 nitrogen and oxygen atoms in total. The van der Waals surface area contributed by atoms with Gasteiger partial charge in [0.05, 0.1) is 7.11 Å². The van der Waals surface area contributed by atoms with E-state index in [9.17, 15) is 9.59 Å². The number of nitrogens with one attached hydrogen (secondary N) is 1. The summed E-state index contributed by atoms with van der Waals surface area (Å²) in [5.41, 5.74) is 2.32. The van der Waals surface area contributed by atoms with Crippen molar-refractivity contribution in [3.05, 3.63) is 65.2 Å². The lowest BCUT2D eigenvalue weighted by molar-refractivity contribution is 0.0723. The Balaban J connectivity index is 1.51. The van der Waals surface area contributed by atoms with Crippen molar-refractivity contribution in [2.45, 2.75) is 25.7 Å². The zero-order valence-corrected chi connectivity index (χ0v) is 15.7. The standard InChI is InChI=1S/C22H26N2O3/c1-27-20-7-5-6-17(16-20)12-13-23-21(25)18-8-10-19(11-9-18)22(26)24-14-3-2-4-15-24/h5-11,16H,2-4,12-15H2,1H3,(H,23,25). The maximum atomic E-state index is 12.5. The quantitative estimate of drug-likeness (QED) is 0.853. The van der Waals surface area contributed by atoms with Crippen LogP contribution in [0.5, 0.6) is 5.75 Å². The molecule has 0 bridgehead atoms. The van der Waals surface area contributed by atoms with Crippen LogP contribution in [0.25, 0.3) is 0 Å². The van der Waals surface area contributed by atoms with E-state index in [0.717, 1.165) is 43.7 Å². The second-order valence-corrected chi connectivity index (χ2v) is 6.79. The molecule has 3 rings (SSSR count). The van der Waals surface area contributed by atoms with E-state index in [1.54, 1.807) is 31.4 Å². The van der Waals surface area contributed by atoms with Crippen LogP contribution in [0.1, 0.15) is 45.5 Å². The van der Waals surface area contributed by atoms with E-state index < -0.39 is 0 Å². The maximum absolute atomic E-state index is 12.5. The molecule has 2 aromatic rings. The van der Waals surface area contributed by atoms with Crippen molar-refractivity contribution in [2.75, 3.05) is 26.7 Å². The first-order chi connectivity index (χ1) is 13.2. The highest BCUT2D eigenvalue weighted by Crippen LogP contribution is 2.14. The van der Waals surface area contributed by atoms with Gasteiger partial charge in [-0.1, -0.05) is 12.1 Å². The van der Waals surface area contributed by atoms with Crippen molar-refractivity contribution in [1.29, 1.82) is 0 Å². The van der Waals surface area contributed by atoms with Gasteiger partial charge in [0, 0.05) is 30.8 Å². The number of rotatable bonds is 6. The van der Waals surface area contributed by atoms with Crippen LogP contribution in [-0.4, -0.2) is 43.5 Å². The summed E-state index contributed by atoms with van der Waals surface area (Å²) in [5.74, 6) is 0.738. The molecule has 2 aromatic carbocycles. The van der Waals surface area contributed by atoms with Gasteiger partial charge in [0.15, 0.2) is 0 Å². The molecule has 0 unspecified atom stereocenters. The largest absolute Gasteiger partial charge is 0.497 e. The van der Waals surface area contributed by atoms with Gasteiger partial charge in [-0.25, -0.2) is 0 Å². The second kappa shape index (κ2) is 9.21. The summed E-state index contributed by atoms with van der Waals surface area (Å²) >= 11 is 0. The number of hydrogen-bond acceptors (Lipinski definition) is 3. The first-order valence-corrected chi connectivity index (χ1v) is 9.48. The summed E-state index contributed by atoms with van der Waals surface area (Å²) in [6.45, 7) is 2.19. The highest BCUT2D eigenvalue weighted by atomic mass is 16.5. The Hall–Kier alpha value is -2.82. The number of ether oxygens (including phenoxy) is 1. The number of likely N-dealkylation sites (tertiary alicyclic amines) is 1. The van der Waals surface area contributed by atoms with Crippen molar-refractivity contribution in [3.63, 3.8) is 0 Å². The Morgan fingerprint density at radius 2 is 1.70 bits per heavy atom. The zero-order chi connectivity index (χ0) is 19.1. The highest BCUT2D eigenvalue weighted by Gasteiger charge is 2.18. The number of nitrogens with zero attached hydrogens (tertiary/aromatic N) is 1. The van der Waals surface area contributed by atoms with E-state index in [0.29, 0.717) is 17.7 Å². The summed E-state index contributed by atoms with van der Waals surface area (Å²) in [4.78, 5) is 26.7. The number of carbonyl (C=O) groups is 2. The normalized spacial score (nSPS) is 13.9. The average molecular weight is 366 g/mol. The molecule has 1 heterocycles. The lowest BCUT2D eigenvalue weighted by Gasteiger charge is -2.26. The number of carbonyl (C=O) groups excluding carboxylic acids is 2. The molecular formula is C22H26N2O3. The van der Waals surface area contributed by atoms with Crippen LogP contribution < -0.4 is 10.1 Å². The van der Waals surface area contributed by atoms with Gasteiger partial charge in [-0.05, 0) is 67.6 Å². The number of piperidine rings is 1. The molecule has 0 atom stereocenters. The first kappa shape index (κ1) is 19.0. The van der Waals surface area contributed by atoms with E-state index in [1.807, 2.05) is 29.2 Å². The highest BCUT2D eigenvalue weighted by molar-refractivity contribution is 5.97. The predicted molar refractivity (Wildman–Crippen MR) is 105 cm³/mol. The minimum Gasteiger partial charge on any atom is -0.497 e. The van der Waals surface area contributed by atoms with Gasteiger partial charge in [-0.15, -0.1) is 0 Å². The zero-order valence-electron chi connectivity index (χ0n) is 15.7. The van der Waals surface area contributed by atoms with Crippen LogP contribution in [0, 0.1) is 0 Å². The second-order valence-electron chi connectivity index (χ2n) is 6.79. The Bertz CT molecular complexity index is 780. The molecule has 0 aromatic heterocycles. The van der Waals surface area contributed by atoms with E-state index in [-0.39, 0.29) is 11.8 Å². The van der Waals surface area contributed by atoms with Gasteiger partial charge in [0.2, 0.25) is 0 Å². The average Bonchev–Trinajstić information content (AvgIpc) is 2.74. The summed E-state index contributed by atoms with van der Waals surface area (Å²) < 4.78 is 5.21. The summed E-state index contributed by atoms with van der Waals surface area (Å²) in [5, 5.41) is 2.92. The molecule has 27 heavy (non-hydrogen) atoms. The fraction of sp³-hybridized carbons (Fsp3) is 0.364. The maximum Gasteiger partial charge on any atom is 0.253 e. The number of amides is 2. The molecular weight excluding hydrogens is 340 g/mol. The van der Waals surface area contributed by atoms with Crippen molar-refractivity contribution in [3.8, 4) is 5.75 Å². The Labute approximate surface area is 160 Å². The molecule has 2 amide bonds. The van der Waals surface area contributed by atoms with E-state index in [4.69, 9.17) is 4.74 Å². The molecule has 142 valence electrons. The third kappa shape index (κ3) is 5.09. The van der Waals surface area contributed by atoms with Gasteiger partial charge in [0.25, 0.3) is 11.8 Å². The van der Waals surface area contributed by atoms with Gasteiger partial charge < -0.3 is 15.0 Å². The molecule has 1 fully saturated rings. The van der Waals surface area contributed by atoms with Crippen LogP contribution in [0.2, 0.25) is 0 Å². The molecule has 1 saturated heterocycles. The molecule has 0 aliphatic carbocycles. The number of benzene rings is 2. The molecule has 0 radical (unpaired) electrons. The smallest absolute Gasteiger partial charge is 0.253 e. The lowest BCUT2D eigenvalue weighted by Crippen LogP contribution is -2.35. The Morgan fingerprint density at radius 1 is 1.00 bits per heavy atom. The van der Waals surface area contributed by atoms with Gasteiger partial charge in [-0.2, -0.15) is 0 Å². The molecule has 5 heteroatoms. The SMILES string of the molecule is COc1cccc(CCNC(=O)c2ccc(C(=O)N3CCCCC3)cc2)c1. The first-order valence-electron chi connectivity index (χ1n) is 9.48. The van der Waals surface area contributed by atoms with Crippen LogP contribution in [0.15, 0.2) is 48.5 Å². The Morgan fingerprint density at radius 3 is 2.41 bits per heavy atom. The fourth-order valence-corrected chi connectivity index (χ4v) is 3.29. The summed E-state index contributed by atoms with van der Waals surface area (Å²) in [7, 11) is 1.64. The van der Waals surface area contributed by atoms with Crippen molar-refractivity contribution >= 4 is 11.8 Å². The predicted octanol–water partition coefficient (Wildman–Crippen LogP) is 3.29. The van der Waals surface area contributed by atoms with Gasteiger partial charge in [-0.3, -0.25) is 9.59 Å². The summed E-state index contributed by atoms with van der Waals surface area (Å²) in [6, 6.07) is 14.7. The van der Waals surface area contributed by atoms with Crippen LogP contribution in [-0.2, 0) is 6.42 Å². The van der Waals surface area contributed by atoms with Gasteiger partial charge in [0.1, 0.15) is 5.75 Å². The van der Waals surface area contributed by atoms with Gasteiger partial charge >= 0.3 is 0 Å². The minimum absolute atomic E-state index is 0.0553. The van der Waals surface area contributed by atoms with E-state index >= 15 is 0 Å². The van der Waals surface area contributed by atoms with Crippen LogP contribution in [0.4, 0.5) is 0 Å². The molecule has 1 N–H and O–H groups in total. The van der Waals surface area contributed by atoms with Crippen LogP contribution >= 0.6 is 0 Å². The lowest BCUT2D eigenvalue weighted by atomic mass is 10.1. The molecule has 1 aliphatic rings. The van der Waals surface area contributed by atoms with Crippen molar-refractivity contribution in [2.24, 2.45) is 0 Å². The Kier molecular flexibility index (Phi) is 6.47. The topological polar surface area (TPSA) is 58.6 Å². The van der Waals surface area contributed by atoms with Crippen molar-refractivity contribution < 1.29 is 14.3 Å². The molecule has 0 spiro atoms. The monoisotopic (exact) mass is 366 g/mol. The number of methoxy groups -OCH3 is 1. The molecule has 1 aliphatic heterocycles. The van der Waals surface area contributed by atoms with Crippen LogP contribution in [0.3, 0.4) is 0 Å². The minimum atomic E-state index is -0.130. The van der Waals surface area contributed by atoms with Crippen molar-refractivity contribution in [1.82, 2.24) is 10.2 Å². The summed E-state index contributed by atoms with van der Waals surface area (Å²) in [6.07, 6.45) is 4.06. The van der Waals surface area contributed by atoms with E-state index in [1.165, 1.54) is 6.42 Å². The third-order valence-electron chi connectivity index (χ3n) is 4.87. The number of hydrogen-bond donors (Lipinski definition) is 1. The van der Waals surface area contributed by atoms with E-state index in [2.05, 4.69) is 5.32 Å².